The molecule has 0 fully saturated rings. The van der Waals surface area contributed by atoms with E-state index in [1.54, 1.807) is 4.68 Å². The van der Waals surface area contributed by atoms with Crippen molar-refractivity contribution < 1.29 is 4.74 Å². The maximum absolute atomic E-state index is 6.00. The highest BCUT2D eigenvalue weighted by molar-refractivity contribution is 9.10. The quantitative estimate of drug-likeness (QED) is 0.902. The van der Waals surface area contributed by atoms with Crippen LogP contribution in [0.3, 0.4) is 0 Å². The van der Waals surface area contributed by atoms with Crippen LogP contribution in [0.25, 0.3) is 0 Å². The van der Waals surface area contributed by atoms with Gasteiger partial charge in [-0.1, -0.05) is 35.8 Å². The molecule has 0 amide bonds. The van der Waals surface area contributed by atoms with Crippen LogP contribution in [0.2, 0.25) is 0 Å². The summed E-state index contributed by atoms with van der Waals surface area (Å²) in [6.07, 6.45) is 0. The predicted octanol–water partition coefficient (Wildman–Crippen LogP) is 3.78. The zero-order valence-corrected chi connectivity index (χ0v) is 13.9. The first kappa shape index (κ1) is 15.1. The van der Waals surface area contributed by atoms with Crippen LogP contribution < -0.4 is 10.1 Å². The minimum atomic E-state index is 0.424. The smallest absolute Gasteiger partial charge is 0.222 e. The monoisotopic (exact) mass is 337 g/mol. The molecule has 0 bridgehead atoms. The van der Waals surface area contributed by atoms with Gasteiger partial charge in [-0.3, -0.25) is 0 Å². The van der Waals surface area contributed by atoms with Crippen LogP contribution in [0.4, 0.5) is 0 Å². The molecule has 108 valence electrons. The van der Waals surface area contributed by atoms with E-state index < -0.39 is 0 Å². The number of aromatic nitrogens is 2. The molecule has 2 rings (SSSR count). The molecule has 5 heteroatoms. The first-order valence-corrected chi connectivity index (χ1v) is 7.46. The summed E-state index contributed by atoms with van der Waals surface area (Å²) >= 11 is 3.45. The van der Waals surface area contributed by atoms with Gasteiger partial charge in [-0.05, 0) is 25.1 Å². The highest BCUT2D eigenvalue weighted by Gasteiger charge is 2.15. The van der Waals surface area contributed by atoms with Gasteiger partial charge in [0.05, 0.1) is 11.3 Å². The molecule has 0 aliphatic carbocycles. The molecule has 4 nitrogen and oxygen atoms in total. The van der Waals surface area contributed by atoms with Crippen LogP contribution >= 0.6 is 15.9 Å². The van der Waals surface area contributed by atoms with Crippen molar-refractivity contribution in [3.05, 3.63) is 40.0 Å². The first-order valence-electron chi connectivity index (χ1n) is 6.66. The van der Waals surface area contributed by atoms with Crippen molar-refractivity contribution in [3.63, 3.8) is 0 Å². The summed E-state index contributed by atoms with van der Waals surface area (Å²) in [7, 11) is 1.90. The number of benzene rings is 1. The molecule has 0 radical (unpaired) electrons. The third-order valence-corrected chi connectivity index (χ3v) is 3.48. The molecule has 1 aromatic heterocycles. The number of nitrogens with zero attached hydrogens (tertiary/aromatic N) is 2. The van der Waals surface area contributed by atoms with E-state index in [4.69, 9.17) is 4.74 Å². The summed E-state index contributed by atoms with van der Waals surface area (Å²) in [5.74, 6) is 1.59. The normalized spacial score (nSPS) is 11.1. The Balaban J connectivity index is 2.26. The lowest BCUT2D eigenvalue weighted by molar-refractivity contribution is 0.422. The molecule has 1 N–H and O–H groups in total. The van der Waals surface area contributed by atoms with Gasteiger partial charge in [-0.25, -0.2) is 4.68 Å². The fourth-order valence-corrected chi connectivity index (χ4v) is 2.34. The molecule has 2 aromatic rings. The van der Waals surface area contributed by atoms with Gasteiger partial charge in [-0.2, -0.15) is 5.10 Å². The highest BCUT2D eigenvalue weighted by atomic mass is 79.9. The van der Waals surface area contributed by atoms with Crippen molar-refractivity contribution in [1.29, 1.82) is 0 Å². The second kappa shape index (κ2) is 6.41. The van der Waals surface area contributed by atoms with Gasteiger partial charge in [0.2, 0.25) is 5.88 Å². The zero-order valence-electron chi connectivity index (χ0n) is 12.3. The van der Waals surface area contributed by atoms with Crippen LogP contribution in [0, 0.1) is 6.92 Å². The second-order valence-corrected chi connectivity index (χ2v) is 6.00. The number of hydrogen-bond acceptors (Lipinski definition) is 3. The average Bonchev–Trinajstić information content (AvgIpc) is 2.62. The number of rotatable bonds is 5. The maximum atomic E-state index is 6.00. The SMILES string of the molecule is Cc1nn(C)c(Oc2cccc(Br)c2)c1CNC(C)C. The Hall–Kier alpha value is -1.33. The maximum Gasteiger partial charge on any atom is 0.222 e. The lowest BCUT2D eigenvalue weighted by Crippen LogP contribution is -2.22. The zero-order chi connectivity index (χ0) is 14.7. The molecular weight excluding hydrogens is 318 g/mol. The Morgan fingerprint density at radius 1 is 1.40 bits per heavy atom. The fraction of sp³-hybridized carbons (Fsp3) is 0.400. The summed E-state index contributed by atoms with van der Waals surface area (Å²) in [4.78, 5) is 0. The first-order chi connectivity index (χ1) is 9.47. The number of halogens is 1. The van der Waals surface area contributed by atoms with Crippen LogP contribution in [-0.4, -0.2) is 15.8 Å². The summed E-state index contributed by atoms with van der Waals surface area (Å²) in [5, 5.41) is 7.86. The van der Waals surface area contributed by atoms with Gasteiger partial charge < -0.3 is 10.1 Å². The van der Waals surface area contributed by atoms with Gasteiger partial charge in [0, 0.05) is 24.1 Å². The van der Waals surface area contributed by atoms with E-state index in [1.807, 2.05) is 38.2 Å². The van der Waals surface area contributed by atoms with Crippen molar-refractivity contribution >= 4 is 15.9 Å². The Kier molecular flexibility index (Phi) is 4.83. The third-order valence-electron chi connectivity index (χ3n) is 2.99. The van der Waals surface area contributed by atoms with E-state index in [1.165, 1.54) is 0 Å². The molecule has 1 heterocycles. The van der Waals surface area contributed by atoms with E-state index >= 15 is 0 Å². The molecule has 0 atom stereocenters. The van der Waals surface area contributed by atoms with Crippen molar-refractivity contribution in [3.8, 4) is 11.6 Å². The summed E-state index contributed by atoms with van der Waals surface area (Å²) in [5.41, 5.74) is 2.09. The van der Waals surface area contributed by atoms with Gasteiger partial charge in [0.25, 0.3) is 0 Å². The molecule has 0 spiro atoms. The number of nitrogens with one attached hydrogen (secondary N) is 1. The molecule has 1 aromatic carbocycles. The number of aryl methyl sites for hydroxylation is 2. The highest BCUT2D eigenvalue weighted by Crippen LogP contribution is 2.28. The average molecular weight is 338 g/mol. The largest absolute Gasteiger partial charge is 0.439 e. The lowest BCUT2D eigenvalue weighted by atomic mass is 10.2. The number of ether oxygens (including phenoxy) is 1. The Bertz CT molecular complexity index is 593. The van der Waals surface area contributed by atoms with Crippen molar-refractivity contribution in [2.45, 2.75) is 33.4 Å². The van der Waals surface area contributed by atoms with Crippen molar-refractivity contribution in [1.82, 2.24) is 15.1 Å². The van der Waals surface area contributed by atoms with Gasteiger partial charge in [-0.15, -0.1) is 0 Å². The second-order valence-electron chi connectivity index (χ2n) is 5.09. The molecule has 0 unspecified atom stereocenters. The van der Waals surface area contributed by atoms with Crippen LogP contribution in [0.1, 0.15) is 25.1 Å². The van der Waals surface area contributed by atoms with Crippen LogP contribution in [0.15, 0.2) is 28.7 Å². The minimum Gasteiger partial charge on any atom is -0.439 e. The van der Waals surface area contributed by atoms with Gasteiger partial charge >= 0.3 is 0 Å². The Morgan fingerprint density at radius 3 is 2.80 bits per heavy atom. The molecular formula is C15H20BrN3O. The van der Waals surface area contributed by atoms with Crippen LogP contribution in [0.5, 0.6) is 11.6 Å². The molecule has 0 saturated heterocycles. The predicted molar refractivity (Wildman–Crippen MR) is 84.1 cm³/mol. The third kappa shape index (κ3) is 3.61. The van der Waals surface area contributed by atoms with E-state index in [-0.39, 0.29) is 0 Å². The van der Waals surface area contributed by atoms with E-state index in [0.717, 1.165) is 33.9 Å². The van der Waals surface area contributed by atoms with E-state index in [9.17, 15) is 0 Å². The Labute approximate surface area is 128 Å². The van der Waals surface area contributed by atoms with Crippen molar-refractivity contribution in [2.24, 2.45) is 7.05 Å². The molecule has 20 heavy (non-hydrogen) atoms. The molecule has 0 aliphatic rings. The van der Waals surface area contributed by atoms with Gasteiger partial charge in [0.1, 0.15) is 5.75 Å². The minimum absolute atomic E-state index is 0.424. The summed E-state index contributed by atoms with van der Waals surface area (Å²) in [6.45, 7) is 7.01. The fourth-order valence-electron chi connectivity index (χ4n) is 1.96. The summed E-state index contributed by atoms with van der Waals surface area (Å²) < 4.78 is 8.79. The molecule has 0 saturated carbocycles. The van der Waals surface area contributed by atoms with Crippen LogP contribution in [-0.2, 0) is 13.6 Å². The van der Waals surface area contributed by atoms with E-state index in [0.29, 0.717) is 6.04 Å². The topological polar surface area (TPSA) is 39.1 Å². The standard InChI is InChI=1S/C15H20BrN3O/c1-10(2)17-9-14-11(3)18-19(4)15(14)20-13-7-5-6-12(16)8-13/h5-8,10,17H,9H2,1-4H3. The van der Waals surface area contributed by atoms with Crippen molar-refractivity contribution in [2.75, 3.05) is 0 Å². The van der Waals surface area contributed by atoms with E-state index in [2.05, 4.69) is 40.2 Å². The molecule has 0 aliphatic heterocycles. The number of hydrogen-bond donors (Lipinski definition) is 1. The Morgan fingerprint density at radius 2 is 2.15 bits per heavy atom. The summed E-state index contributed by atoms with van der Waals surface area (Å²) in [6, 6.07) is 8.24. The lowest BCUT2D eigenvalue weighted by Gasteiger charge is -2.11. The van der Waals surface area contributed by atoms with Gasteiger partial charge in [0.15, 0.2) is 0 Å².